The fourth-order valence-electron chi connectivity index (χ4n) is 3.12. The Labute approximate surface area is 188 Å². The van der Waals surface area contributed by atoms with Crippen molar-refractivity contribution in [1.82, 2.24) is 9.55 Å². The molecular formula is C21H22ClN3O5S. The highest BCUT2D eigenvalue weighted by Crippen LogP contribution is 2.36. The lowest BCUT2D eigenvalue weighted by atomic mass is 10.1. The zero-order chi connectivity index (χ0) is 22.5. The van der Waals surface area contributed by atoms with Gasteiger partial charge in [-0.2, -0.15) is 0 Å². The van der Waals surface area contributed by atoms with Gasteiger partial charge in [0.25, 0.3) is 11.5 Å². The summed E-state index contributed by atoms with van der Waals surface area (Å²) in [5, 5.41) is 3.58. The van der Waals surface area contributed by atoms with Crippen LogP contribution < -0.4 is 20.3 Å². The molecule has 3 aromatic rings. The summed E-state index contributed by atoms with van der Waals surface area (Å²) in [7, 11) is 4.56. The number of carbonyl (C=O) groups is 1. The van der Waals surface area contributed by atoms with Gasteiger partial charge < -0.3 is 24.5 Å². The molecule has 0 aliphatic rings. The van der Waals surface area contributed by atoms with Crippen LogP contribution in [-0.2, 0) is 11.3 Å². The summed E-state index contributed by atoms with van der Waals surface area (Å²) in [4.78, 5) is 28.7. The van der Waals surface area contributed by atoms with E-state index in [9.17, 15) is 9.59 Å². The number of fused-ring (bicyclic) bond motifs is 1. The fourth-order valence-corrected chi connectivity index (χ4v) is 3.63. The zero-order valence-corrected chi connectivity index (χ0v) is 18.9. The molecule has 0 saturated carbocycles. The van der Waals surface area contributed by atoms with Gasteiger partial charge in [0.2, 0.25) is 0 Å². The molecule has 1 aromatic heterocycles. The predicted molar refractivity (Wildman–Crippen MR) is 122 cm³/mol. The Balaban J connectivity index is 1.93. The van der Waals surface area contributed by atoms with Crippen molar-refractivity contribution < 1.29 is 19.0 Å². The lowest BCUT2D eigenvalue weighted by Crippen LogP contribution is -2.23. The maximum atomic E-state index is 12.8. The fraction of sp³-hybridized carbons (Fsp3) is 0.286. The molecule has 0 saturated heterocycles. The molecule has 10 heteroatoms. The molecule has 164 valence electrons. The maximum absolute atomic E-state index is 12.8. The highest BCUT2D eigenvalue weighted by atomic mass is 35.5. The van der Waals surface area contributed by atoms with Crippen molar-refractivity contribution in [2.75, 3.05) is 33.3 Å². The first kappa shape index (κ1) is 22.8. The third-order valence-corrected chi connectivity index (χ3v) is 5.31. The van der Waals surface area contributed by atoms with Crippen LogP contribution in [0.5, 0.6) is 11.5 Å². The second kappa shape index (κ2) is 9.95. The molecule has 0 atom stereocenters. The Morgan fingerprint density at radius 1 is 1.16 bits per heavy atom. The highest BCUT2D eigenvalue weighted by molar-refractivity contribution is 7.71. The Hall–Kier alpha value is -2.88. The Kier molecular flexibility index (Phi) is 7.32. The summed E-state index contributed by atoms with van der Waals surface area (Å²) in [6.45, 7) is 0.968. The summed E-state index contributed by atoms with van der Waals surface area (Å²) in [5.74, 6) is 0.390. The van der Waals surface area contributed by atoms with Crippen molar-refractivity contribution in [2.45, 2.75) is 13.0 Å². The molecule has 0 fully saturated rings. The van der Waals surface area contributed by atoms with Crippen molar-refractivity contribution in [3.05, 3.63) is 56.0 Å². The predicted octanol–water partition coefficient (Wildman–Crippen LogP) is 4.02. The minimum absolute atomic E-state index is 0.217. The molecule has 1 amide bonds. The number of aromatic nitrogens is 2. The second-order valence-electron chi connectivity index (χ2n) is 6.63. The summed E-state index contributed by atoms with van der Waals surface area (Å²) in [6.07, 6.45) is 0.659. The average molecular weight is 464 g/mol. The molecule has 1 heterocycles. The van der Waals surface area contributed by atoms with Crippen molar-refractivity contribution in [3.63, 3.8) is 0 Å². The Morgan fingerprint density at radius 2 is 1.90 bits per heavy atom. The van der Waals surface area contributed by atoms with E-state index in [0.717, 1.165) is 0 Å². The van der Waals surface area contributed by atoms with Crippen molar-refractivity contribution in [2.24, 2.45) is 0 Å². The normalized spacial score (nSPS) is 10.8. The maximum Gasteiger partial charge on any atom is 0.262 e. The molecule has 0 radical (unpaired) electrons. The molecule has 2 aromatic carbocycles. The number of anilines is 1. The molecule has 31 heavy (non-hydrogen) atoms. The second-order valence-corrected chi connectivity index (χ2v) is 7.43. The first-order chi connectivity index (χ1) is 14.9. The largest absolute Gasteiger partial charge is 0.495 e. The van der Waals surface area contributed by atoms with Gasteiger partial charge in [0.15, 0.2) is 4.77 Å². The minimum Gasteiger partial charge on any atom is -0.495 e. The molecule has 8 nitrogen and oxygen atoms in total. The van der Waals surface area contributed by atoms with Crippen molar-refractivity contribution in [1.29, 1.82) is 0 Å². The molecular weight excluding hydrogens is 442 g/mol. The van der Waals surface area contributed by atoms with Crippen LogP contribution in [0.3, 0.4) is 0 Å². The number of rotatable bonds is 8. The summed E-state index contributed by atoms with van der Waals surface area (Å²) < 4.78 is 17.3. The van der Waals surface area contributed by atoms with Gasteiger partial charge in [0.1, 0.15) is 11.5 Å². The van der Waals surface area contributed by atoms with Crippen molar-refractivity contribution in [3.8, 4) is 11.5 Å². The van der Waals surface area contributed by atoms with Gasteiger partial charge in [0.05, 0.1) is 35.8 Å². The van der Waals surface area contributed by atoms with E-state index in [1.54, 1.807) is 37.4 Å². The van der Waals surface area contributed by atoms with E-state index >= 15 is 0 Å². The van der Waals surface area contributed by atoms with E-state index in [1.165, 1.54) is 18.8 Å². The number of carbonyl (C=O) groups excluding carboxylic acids is 1. The van der Waals surface area contributed by atoms with Crippen molar-refractivity contribution >= 4 is 46.3 Å². The molecule has 3 rings (SSSR count). The van der Waals surface area contributed by atoms with Crippen LogP contribution in [0.2, 0.25) is 5.02 Å². The van der Waals surface area contributed by atoms with Gasteiger partial charge in [0, 0.05) is 38.0 Å². The number of methoxy groups -OCH3 is 3. The van der Waals surface area contributed by atoms with E-state index < -0.39 is 5.91 Å². The third-order valence-electron chi connectivity index (χ3n) is 4.70. The Morgan fingerprint density at radius 3 is 2.58 bits per heavy atom. The number of benzene rings is 2. The van der Waals surface area contributed by atoms with Crippen LogP contribution in [0.1, 0.15) is 16.8 Å². The standard InChI is InChI=1S/C21H22ClN3O5S/c1-28-8-4-7-25-20(27)13-6-5-12(9-15(13)24-21(25)31)19(26)23-16-11-17(29-2)14(22)10-18(16)30-3/h5-6,9-11H,4,7-8H2,1-3H3,(H,23,26)(H,24,31). The van der Waals surface area contributed by atoms with Gasteiger partial charge in [-0.25, -0.2) is 0 Å². The number of H-pyrrole nitrogens is 1. The lowest BCUT2D eigenvalue weighted by Gasteiger charge is -2.13. The van der Waals surface area contributed by atoms with Crippen LogP contribution in [0.25, 0.3) is 10.9 Å². The third kappa shape index (κ3) is 4.90. The molecule has 0 bridgehead atoms. The summed E-state index contributed by atoms with van der Waals surface area (Å²) >= 11 is 11.4. The topological polar surface area (TPSA) is 94.6 Å². The smallest absolute Gasteiger partial charge is 0.262 e. The highest BCUT2D eigenvalue weighted by Gasteiger charge is 2.15. The number of aromatic amines is 1. The van der Waals surface area contributed by atoms with E-state index in [4.69, 9.17) is 38.0 Å². The van der Waals surface area contributed by atoms with Gasteiger partial charge in [-0.05, 0) is 36.8 Å². The zero-order valence-electron chi connectivity index (χ0n) is 17.3. The molecule has 2 N–H and O–H groups in total. The monoisotopic (exact) mass is 463 g/mol. The lowest BCUT2D eigenvalue weighted by molar-refractivity contribution is 0.102. The van der Waals surface area contributed by atoms with Gasteiger partial charge in [-0.1, -0.05) is 11.6 Å². The number of halogens is 1. The van der Waals surface area contributed by atoms with E-state index in [1.807, 2.05) is 0 Å². The van der Waals surface area contributed by atoms with E-state index in [2.05, 4.69) is 10.3 Å². The van der Waals surface area contributed by atoms with Crippen LogP contribution in [0.15, 0.2) is 35.1 Å². The molecule has 0 aliphatic heterocycles. The first-order valence-electron chi connectivity index (χ1n) is 9.38. The molecule has 0 spiro atoms. The SMILES string of the molecule is COCCCn1c(=S)[nH]c2cc(C(=O)Nc3cc(OC)c(Cl)cc3OC)ccc2c1=O. The van der Waals surface area contributed by atoms with E-state index in [-0.39, 0.29) is 10.3 Å². The Bertz CT molecular complexity index is 1240. The van der Waals surface area contributed by atoms with Crippen LogP contribution in [0, 0.1) is 4.77 Å². The number of amides is 1. The first-order valence-corrected chi connectivity index (χ1v) is 10.2. The summed E-state index contributed by atoms with van der Waals surface area (Å²) in [6, 6.07) is 7.90. The van der Waals surface area contributed by atoms with Gasteiger partial charge >= 0.3 is 0 Å². The number of hydrogen-bond acceptors (Lipinski definition) is 6. The molecule has 0 unspecified atom stereocenters. The van der Waals surface area contributed by atoms with Gasteiger partial charge in [-0.3, -0.25) is 14.2 Å². The quantitative estimate of drug-likeness (QED) is 0.387. The molecule has 0 aliphatic carbocycles. The van der Waals surface area contributed by atoms with E-state index in [0.29, 0.717) is 58.2 Å². The number of hydrogen-bond donors (Lipinski definition) is 2. The van der Waals surface area contributed by atoms with Crippen LogP contribution >= 0.6 is 23.8 Å². The minimum atomic E-state index is -0.395. The summed E-state index contributed by atoms with van der Waals surface area (Å²) in [5.41, 5.74) is 0.998. The number of ether oxygens (including phenoxy) is 3. The van der Waals surface area contributed by atoms with Crippen LogP contribution in [-0.4, -0.2) is 43.4 Å². The number of nitrogens with one attached hydrogen (secondary N) is 2. The average Bonchev–Trinajstić information content (AvgIpc) is 2.76. The number of nitrogens with zero attached hydrogens (tertiary/aromatic N) is 1. The van der Waals surface area contributed by atoms with Gasteiger partial charge in [-0.15, -0.1) is 0 Å². The van der Waals surface area contributed by atoms with Crippen LogP contribution in [0.4, 0.5) is 5.69 Å².